The number of aromatic nitrogens is 1. The van der Waals surface area contributed by atoms with E-state index >= 15 is 0 Å². The molecule has 0 bridgehead atoms. The van der Waals surface area contributed by atoms with Crippen molar-refractivity contribution in [1.29, 1.82) is 0 Å². The normalized spacial score (nSPS) is 11.6. The summed E-state index contributed by atoms with van der Waals surface area (Å²) < 4.78 is 5.15. The maximum absolute atomic E-state index is 5.15. The summed E-state index contributed by atoms with van der Waals surface area (Å²) in [6.45, 7) is 7.96. The van der Waals surface area contributed by atoms with Gasteiger partial charge in [0.2, 0.25) is 0 Å². The Labute approximate surface area is 125 Å². The van der Waals surface area contributed by atoms with Gasteiger partial charge in [-0.15, -0.1) is 11.3 Å². The zero-order valence-electron chi connectivity index (χ0n) is 12.6. The first-order valence-corrected chi connectivity index (χ1v) is 7.63. The van der Waals surface area contributed by atoms with Crippen molar-refractivity contribution in [3.63, 3.8) is 0 Å². The SMILES string of the molecule is COCc1cccc(NCc2nc(C(C)(C)C)cs2)c1. The molecule has 0 spiro atoms. The van der Waals surface area contributed by atoms with Crippen molar-refractivity contribution in [2.75, 3.05) is 12.4 Å². The first-order valence-electron chi connectivity index (χ1n) is 6.75. The maximum atomic E-state index is 5.15. The molecular weight excluding hydrogens is 268 g/mol. The van der Waals surface area contributed by atoms with Crippen LogP contribution in [0.3, 0.4) is 0 Å². The van der Waals surface area contributed by atoms with Gasteiger partial charge in [0, 0.05) is 23.6 Å². The van der Waals surface area contributed by atoms with Crippen LogP contribution >= 0.6 is 11.3 Å². The quantitative estimate of drug-likeness (QED) is 0.896. The van der Waals surface area contributed by atoms with Crippen molar-refractivity contribution < 1.29 is 4.74 Å². The van der Waals surface area contributed by atoms with Gasteiger partial charge in [-0.05, 0) is 17.7 Å². The third-order valence-electron chi connectivity index (χ3n) is 3.00. The number of hydrogen-bond acceptors (Lipinski definition) is 4. The number of methoxy groups -OCH3 is 1. The zero-order valence-corrected chi connectivity index (χ0v) is 13.4. The van der Waals surface area contributed by atoms with Crippen LogP contribution in [-0.2, 0) is 23.3 Å². The Morgan fingerprint density at radius 1 is 1.30 bits per heavy atom. The van der Waals surface area contributed by atoms with Gasteiger partial charge in [-0.2, -0.15) is 0 Å². The lowest BCUT2D eigenvalue weighted by atomic mass is 9.93. The molecule has 0 fully saturated rings. The fourth-order valence-electron chi connectivity index (χ4n) is 1.85. The number of rotatable bonds is 5. The van der Waals surface area contributed by atoms with Gasteiger partial charge in [-0.3, -0.25) is 0 Å². The molecule has 2 aromatic rings. The molecule has 1 aromatic carbocycles. The number of thiazole rings is 1. The van der Waals surface area contributed by atoms with Crippen molar-refractivity contribution in [2.45, 2.75) is 39.3 Å². The fraction of sp³-hybridized carbons (Fsp3) is 0.438. The standard InChI is InChI=1S/C16H22N2OS/c1-16(2,3)14-11-20-15(18-14)9-17-13-7-5-6-12(8-13)10-19-4/h5-8,11,17H,9-10H2,1-4H3. The lowest BCUT2D eigenvalue weighted by Gasteiger charge is -2.14. The molecule has 0 unspecified atom stereocenters. The van der Waals surface area contributed by atoms with E-state index in [0.29, 0.717) is 6.61 Å². The summed E-state index contributed by atoms with van der Waals surface area (Å²) in [5.74, 6) is 0. The highest BCUT2D eigenvalue weighted by Gasteiger charge is 2.17. The first-order chi connectivity index (χ1) is 9.49. The van der Waals surface area contributed by atoms with E-state index in [1.165, 1.54) is 5.56 Å². The molecule has 0 saturated heterocycles. The molecule has 1 aromatic heterocycles. The fourth-order valence-corrected chi connectivity index (χ4v) is 2.81. The highest BCUT2D eigenvalue weighted by atomic mass is 32.1. The Hall–Kier alpha value is -1.39. The van der Waals surface area contributed by atoms with Crippen LogP contribution in [0, 0.1) is 0 Å². The minimum absolute atomic E-state index is 0.118. The van der Waals surface area contributed by atoms with Crippen LogP contribution in [0.1, 0.15) is 37.0 Å². The number of nitrogens with zero attached hydrogens (tertiary/aromatic N) is 1. The molecule has 0 aliphatic heterocycles. The summed E-state index contributed by atoms with van der Waals surface area (Å²) in [6, 6.07) is 8.29. The molecule has 0 radical (unpaired) electrons. The van der Waals surface area contributed by atoms with E-state index in [-0.39, 0.29) is 5.41 Å². The Morgan fingerprint density at radius 3 is 2.75 bits per heavy atom. The predicted octanol–water partition coefficient (Wildman–Crippen LogP) is 4.20. The Bertz CT molecular complexity index is 558. The molecule has 2 rings (SSSR count). The molecule has 0 atom stereocenters. The summed E-state index contributed by atoms with van der Waals surface area (Å²) in [4.78, 5) is 4.69. The number of ether oxygens (including phenoxy) is 1. The van der Waals surface area contributed by atoms with E-state index in [1.807, 2.05) is 6.07 Å². The summed E-state index contributed by atoms with van der Waals surface area (Å²) in [7, 11) is 1.71. The Kier molecular flexibility index (Phi) is 4.78. The van der Waals surface area contributed by atoms with E-state index in [9.17, 15) is 0 Å². The van der Waals surface area contributed by atoms with Gasteiger partial charge in [-0.25, -0.2) is 4.98 Å². The topological polar surface area (TPSA) is 34.1 Å². The van der Waals surface area contributed by atoms with Gasteiger partial charge in [0.25, 0.3) is 0 Å². The summed E-state index contributed by atoms with van der Waals surface area (Å²) in [6.07, 6.45) is 0. The molecule has 0 amide bonds. The van der Waals surface area contributed by atoms with Crippen LogP contribution in [0.5, 0.6) is 0 Å². The van der Waals surface area contributed by atoms with Gasteiger partial charge < -0.3 is 10.1 Å². The Balaban J connectivity index is 1.98. The molecule has 0 aliphatic rings. The van der Waals surface area contributed by atoms with E-state index < -0.39 is 0 Å². The van der Waals surface area contributed by atoms with E-state index in [0.717, 1.165) is 22.9 Å². The van der Waals surface area contributed by atoms with E-state index in [1.54, 1.807) is 18.4 Å². The van der Waals surface area contributed by atoms with Crippen LogP contribution in [0.15, 0.2) is 29.6 Å². The van der Waals surface area contributed by atoms with E-state index in [4.69, 9.17) is 4.74 Å². The van der Waals surface area contributed by atoms with Gasteiger partial charge in [0.05, 0.1) is 18.8 Å². The van der Waals surface area contributed by atoms with E-state index in [2.05, 4.69) is 54.7 Å². The summed E-state index contributed by atoms with van der Waals surface area (Å²) in [5.41, 5.74) is 3.55. The molecule has 108 valence electrons. The maximum Gasteiger partial charge on any atom is 0.112 e. The minimum Gasteiger partial charge on any atom is -0.380 e. The smallest absolute Gasteiger partial charge is 0.112 e. The zero-order chi connectivity index (χ0) is 14.6. The molecular formula is C16H22N2OS. The highest BCUT2D eigenvalue weighted by Crippen LogP contribution is 2.24. The third kappa shape index (κ3) is 4.05. The van der Waals surface area contributed by atoms with Crippen LogP contribution in [0.25, 0.3) is 0 Å². The van der Waals surface area contributed by atoms with Crippen molar-refractivity contribution in [2.24, 2.45) is 0 Å². The van der Waals surface area contributed by atoms with Crippen molar-refractivity contribution in [1.82, 2.24) is 4.98 Å². The van der Waals surface area contributed by atoms with Gasteiger partial charge in [-0.1, -0.05) is 32.9 Å². The second-order valence-electron chi connectivity index (χ2n) is 5.86. The number of nitrogens with one attached hydrogen (secondary N) is 1. The second kappa shape index (κ2) is 6.37. The predicted molar refractivity (Wildman–Crippen MR) is 85.3 cm³/mol. The van der Waals surface area contributed by atoms with Gasteiger partial charge in [0.1, 0.15) is 5.01 Å². The van der Waals surface area contributed by atoms with Crippen LogP contribution in [0.4, 0.5) is 5.69 Å². The number of hydrogen-bond donors (Lipinski definition) is 1. The number of anilines is 1. The lowest BCUT2D eigenvalue weighted by Crippen LogP contribution is -2.11. The largest absolute Gasteiger partial charge is 0.380 e. The second-order valence-corrected chi connectivity index (χ2v) is 6.81. The molecule has 20 heavy (non-hydrogen) atoms. The average Bonchev–Trinajstić information content (AvgIpc) is 2.86. The van der Waals surface area contributed by atoms with Crippen molar-refractivity contribution in [3.8, 4) is 0 Å². The lowest BCUT2D eigenvalue weighted by molar-refractivity contribution is 0.185. The van der Waals surface area contributed by atoms with Gasteiger partial charge in [0.15, 0.2) is 0 Å². The minimum atomic E-state index is 0.118. The van der Waals surface area contributed by atoms with Crippen molar-refractivity contribution in [3.05, 3.63) is 45.9 Å². The van der Waals surface area contributed by atoms with Crippen LogP contribution in [0.2, 0.25) is 0 Å². The molecule has 1 N–H and O–H groups in total. The summed E-state index contributed by atoms with van der Waals surface area (Å²) >= 11 is 1.71. The monoisotopic (exact) mass is 290 g/mol. The third-order valence-corrected chi connectivity index (χ3v) is 3.85. The Morgan fingerprint density at radius 2 is 2.10 bits per heavy atom. The van der Waals surface area contributed by atoms with Crippen LogP contribution < -0.4 is 5.32 Å². The molecule has 4 heteroatoms. The average molecular weight is 290 g/mol. The molecule has 3 nitrogen and oxygen atoms in total. The molecule has 0 aliphatic carbocycles. The van der Waals surface area contributed by atoms with Gasteiger partial charge >= 0.3 is 0 Å². The van der Waals surface area contributed by atoms with Crippen molar-refractivity contribution >= 4 is 17.0 Å². The van der Waals surface area contributed by atoms with Crippen LogP contribution in [-0.4, -0.2) is 12.1 Å². The molecule has 1 heterocycles. The first kappa shape index (κ1) is 15.0. The summed E-state index contributed by atoms with van der Waals surface area (Å²) in [5, 5.41) is 6.69. The number of benzene rings is 1. The molecule has 0 saturated carbocycles. The highest BCUT2D eigenvalue weighted by molar-refractivity contribution is 7.09.